The van der Waals surface area contributed by atoms with E-state index in [2.05, 4.69) is 5.32 Å². The Hall–Kier alpha value is -3.35. The summed E-state index contributed by atoms with van der Waals surface area (Å²) in [6.45, 7) is 0. The summed E-state index contributed by atoms with van der Waals surface area (Å²) in [5.41, 5.74) is 0.255. The predicted octanol–water partition coefficient (Wildman–Crippen LogP) is 6.02. The standard InChI is InChI=1S/C26H21F4NO2/c27-20-9-3-6-15-4-1-5-16(22(15)20)10-13-21-24(32)23(25(33-21)31-19-11-12-19)17-7-2-8-18(14-17)26(28,29)30/h1-9,14,19,21,31H,10-13H2. The second kappa shape index (κ2) is 8.21. The summed E-state index contributed by atoms with van der Waals surface area (Å²) in [5.74, 6) is -0.463. The Bertz CT molecular complexity index is 1260. The molecular formula is C26H21F4NO2. The Kier molecular flexibility index (Phi) is 5.35. The molecule has 33 heavy (non-hydrogen) atoms. The molecule has 3 nitrogen and oxygen atoms in total. The molecule has 0 amide bonds. The van der Waals surface area contributed by atoms with Crippen LogP contribution in [0, 0.1) is 5.82 Å². The fourth-order valence-electron chi connectivity index (χ4n) is 4.23. The van der Waals surface area contributed by atoms with Crippen molar-refractivity contribution >= 4 is 22.1 Å². The summed E-state index contributed by atoms with van der Waals surface area (Å²) in [4.78, 5) is 13.3. The van der Waals surface area contributed by atoms with E-state index < -0.39 is 17.8 Å². The van der Waals surface area contributed by atoms with Gasteiger partial charge in [0.1, 0.15) is 5.82 Å². The zero-order chi connectivity index (χ0) is 23.2. The second-order valence-corrected chi connectivity index (χ2v) is 8.47. The lowest BCUT2D eigenvalue weighted by Gasteiger charge is -2.13. The summed E-state index contributed by atoms with van der Waals surface area (Å²) in [5, 5.41) is 4.43. The average molecular weight is 455 g/mol. The first-order chi connectivity index (χ1) is 15.8. The number of rotatable bonds is 6. The van der Waals surface area contributed by atoms with Gasteiger partial charge in [0.15, 0.2) is 12.0 Å². The Morgan fingerprint density at radius 2 is 1.73 bits per heavy atom. The zero-order valence-corrected chi connectivity index (χ0v) is 17.6. The number of fused-ring (bicyclic) bond motifs is 1. The van der Waals surface area contributed by atoms with Crippen molar-refractivity contribution in [1.29, 1.82) is 0 Å². The molecule has 1 unspecified atom stereocenters. The van der Waals surface area contributed by atoms with Crippen LogP contribution in [0.25, 0.3) is 16.3 Å². The largest absolute Gasteiger partial charge is 0.467 e. The minimum absolute atomic E-state index is 0.141. The van der Waals surface area contributed by atoms with Gasteiger partial charge in [0.05, 0.1) is 11.1 Å². The van der Waals surface area contributed by atoms with E-state index in [1.807, 2.05) is 24.3 Å². The van der Waals surface area contributed by atoms with Crippen molar-refractivity contribution in [1.82, 2.24) is 5.32 Å². The number of nitrogens with one attached hydrogen (secondary N) is 1. The SMILES string of the molecule is O=C1C(c2cccc(C(F)(F)F)c2)=C(NC2CC2)OC1CCc1cccc2cccc(F)c12. The molecule has 0 saturated heterocycles. The van der Waals surface area contributed by atoms with Crippen LogP contribution in [0.3, 0.4) is 0 Å². The quantitative estimate of drug-likeness (QED) is 0.462. The van der Waals surface area contributed by atoms with Gasteiger partial charge in [-0.15, -0.1) is 0 Å². The predicted molar refractivity (Wildman–Crippen MR) is 117 cm³/mol. The third kappa shape index (κ3) is 4.32. The van der Waals surface area contributed by atoms with Crippen molar-refractivity contribution in [3.8, 4) is 0 Å². The molecule has 0 bridgehead atoms. The van der Waals surface area contributed by atoms with E-state index in [1.165, 1.54) is 18.2 Å². The maximum Gasteiger partial charge on any atom is 0.416 e. The number of ether oxygens (including phenoxy) is 1. The lowest BCUT2D eigenvalue weighted by atomic mass is 9.94. The molecule has 5 rings (SSSR count). The van der Waals surface area contributed by atoms with Crippen molar-refractivity contribution in [2.24, 2.45) is 0 Å². The Morgan fingerprint density at radius 3 is 2.45 bits per heavy atom. The first-order valence-corrected chi connectivity index (χ1v) is 10.9. The van der Waals surface area contributed by atoms with E-state index in [4.69, 9.17) is 4.74 Å². The number of carbonyl (C=O) groups is 1. The Balaban J connectivity index is 1.42. The molecule has 1 heterocycles. The van der Waals surface area contributed by atoms with Crippen molar-refractivity contribution in [3.05, 3.63) is 89.1 Å². The first kappa shape index (κ1) is 21.5. The summed E-state index contributed by atoms with van der Waals surface area (Å²) >= 11 is 0. The Labute approximate surface area is 188 Å². The normalized spacial score (nSPS) is 18.7. The van der Waals surface area contributed by atoms with Gasteiger partial charge in [0, 0.05) is 11.4 Å². The van der Waals surface area contributed by atoms with Crippen LogP contribution in [0.5, 0.6) is 0 Å². The van der Waals surface area contributed by atoms with Crippen molar-refractivity contribution in [3.63, 3.8) is 0 Å². The number of benzene rings is 3. The highest BCUT2D eigenvalue weighted by Gasteiger charge is 2.39. The number of hydrogen-bond donors (Lipinski definition) is 1. The third-order valence-electron chi connectivity index (χ3n) is 6.03. The number of Topliss-reactive ketones (excluding diaryl/α,β-unsaturated/α-hetero) is 1. The fraction of sp³-hybridized carbons (Fsp3) is 0.269. The van der Waals surface area contributed by atoms with Crippen LogP contribution >= 0.6 is 0 Å². The minimum Gasteiger partial charge on any atom is -0.467 e. The molecule has 1 atom stereocenters. The fourth-order valence-corrected chi connectivity index (χ4v) is 4.23. The van der Waals surface area contributed by atoms with E-state index in [0.717, 1.165) is 35.9 Å². The number of carbonyl (C=O) groups excluding carboxylic acids is 1. The maximum atomic E-state index is 14.4. The highest BCUT2D eigenvalue weighted by molar-refractivity contribution is 6.25. The molecule has 2 aliphatic rings. The van der Waals surface area contributed by atoms with Crippen LogP contribution in [0.1, 0.15) is 36.0 Å². The topological polar surface area (TPSA) is 38.3 Å². The molecule has 1 saturated carbocycles. The van der Waals surface area contributed by atoms with E-state index in [9.17, 15) is 22.4 Å². The van der Waals surface area contributed by atoms with Crippen LogP contribution in [-0.2, 0) is 22.1 Å². The lowest BCUT2D eigenvalue weighted by Crippen LogP contribution is -2.21. The van der Waals surface area contributed by atoms with Crippen molar-refractivity contribution in [2.45, 2.75) is 44.0 Å². The molecule has 3 aromatic rings. The molecule has 1 fully saturated rings. The summed E-state index contributed by atoms with van der Waals surface area (Å²) in [7, 11) is 0. The van der Waals surface area contributed by atoms with E-state index in [0.29, 0.717) is 11.8 Å². The van der Waals surface area contributed by atoms with Crippen LogP contribution in [-0.4, -0.2) is 17.9 Å². The van der Waals surface area contributed by atoms with Crippen LogP contribution < -0.4 is 5.32 Å². The maximum absolute atomic E-state index is 14.4. The first-order valence-electron chi connectivity index (χ1n) is 10.9. The molecule has 1 aliphatic heterocycles. The average Bonchev–Trinajstić information content (AvgIpc) is 3.54. The summed E-state index contributed by atoms with van der Waals surface area (Å²) in [6, 6.07) is 15.2. The van der Waals surface area contributed by atoms with Gasteiger partial charge in [0.25, 0.3) is 0 Å². The molecule has 1 aliphatic carbocycles. The van der Waals surface area contributed by atoms with Crippen molar-refractivity contribution in [2.75, 3.05) is 0 Å². The van der Waals surface area contributed by atoms with Crippen molar-refractivity contribution < 1.29 is 27.1 Å². The number of aryl methyl sites for hydroxylation is 1. The third-order valence-corrected chi connectivity index (χ3v) is 6.03. The highest BCUT2D eigenvalue weighted by Crippen LogP contribution is 2.37. The van der Waals surface area contributed by atoms with Gasteiger partial charge in [0.2, 0.25) is 5.78 Å². The molecule has 0 spiro atoms. The van der Waals surface area contributed by atoms with E-state index in [1.54, 1.807) is 6.07 Å². The molecular weight excluding hydrogens is 434 g/mol. The van der Waals surface area contributed by atoms with Gasteiger partial charge in [-0.3, -0.25) is 4.79 Å². The van der Waals surface area contributed by atoms with Crippen LogP contribution in [0.15, 0.2) is 66.5 Å². The van der Waals surface area contributed by atoms with Crippen LogP contribution in [0.4, 0.5) is 17.6 Å². The van der Waals surface area contributed by atoms with Gasteiger partial charge in [-0.05, 0) is 60.4 Å². The number of alkyl halides is 3. The Morgan fingerprint density at radius 1 is 1.00 bits per heavy atom. The molecule has 0 radical (unpaired) electrons. The summed E-state index contributed by atoms with van der Waals surface area (Å²) < 4.78 is 60.1. The van der Waals surface area contributed by atoms with Gasteiger partial charge < -0.3 is 10.1 Å². The monoisotopic (exact) mass is 455 g/mol. The molecule has 0 aromatic heterocycles. The van der Waals surface area contributed by atoms with Gasteiger partial charge in [-0.2, -0.15) is 13.2 Å². The molecule has 3 aromatic carbocycles. The molecule has 1 N–H and O–H groups in total. The van der Waals surface area contributed by atoms with Gasteiger partial charge in [-0.1, -0.05) is 42.5 Å². The second-order valence-electron chi connectivity index (χ2n) is 8.47. The van der Waals surface area contributed by atoms with E-state index in [-0.39, 0.29) is 41.1 Å². The molecule has 170 valence electrons. The smallest absolute Gasteiger partial charge is 0.416 e. The zero-order valence-electron chi connectivity index (χ0n) is 17.6. The lowest BCUT2D eigenvalue weighted by molar-refractivity contribution is -0.137. The number of halogens is 4. The number of hydrogen-bond acceptors (Lipinski definition) is 3. The highest BCUT2D eigenvalue weighted by atomic mass is 19.4. The van der Waals surface area contributed by atoms with Gasteiger partial charge >= 0.3 is 6.18 Å². The molecule has 7 heteroatoms. The number of ketones is 1. The minimum atomic E-state index is -4.51. The van der Waals surface area contributed by atoms with Crippen LogP contribution in [0.2, 0.25) is 0 Å². The van der Waals surface area contributed by atoms with E-state index >= 15 is 0 Å². The van der Waals surface area contributed by atoms with Gasteiger partial charge in [-0.25, -0.2) is 4.39 Å². The summed E-state index contributed by atoms with van der Waals surface area (Å²) in [6.07, 6.45) is -2.86.